The topological polar surface area (TPSA) is 183 Å². The number of hydrogen-bond acceptors (Lipinski definition) is 8. The monoisotopic (exact) mass is 724 g/mol. The lowest BCUT2D eigenvalue weighted by atomic mass is 9.85. The third-order valence-corrected chi connectivity index (χ3v) is 10.2. The van der Waals surface area contributed by atoms with Crippen molar-refractivity contribution in [2.45, 2.75) is 104 Å². The standard InChI is InChI=1S/C38H56N6O8/c1-36(2,3)30(42-35(51)52-37(4,5)6)34(50)44-20-23-26(38(23,7)8)28(44)31(47)40-24(18-21-16-17-21)29(46)32(48)39-19-25(45)41-27(33(49)43(9)10)22-14-12-11-13-15-22/h11-15,21,23-24,26-28,30H,16-20H2,1-10H3,(H,39,48)(H,40,47)(H,41,45)(H,42,51)/t23-,24-,26-,27-,28-,30+/m0/s1. The number of alkyl carbamates (subject to hydrolysis) is 1. The lowest BCUT2D eigenvalue weighted by Crippen LogP contribution is -2.61. The van der Waals surface area contributed by atoms with Crippen molar-refractivity contribution in [3.05, 3.63) is 35.9 Å². The number of carbonyl (C=O) groups excluding carboxylic acids is 7. The molecule has 0 radical (unpaired) electrons. The second kappa shape index (κ2) is 15.2. The summed E-state index contributed by atoms with van der Waals surface area (Å²) in [5.74, 6) is -3.99. The number of carbonyl (C=O) groups is 7. The summed E-state index contributed by atoms with van der Waals surface area (Å²) >= 11 is 0. The van der Waals surface area contributed by atoms with Crippen LogP contribution in [0.5, 0.6) is 0 Å². The van der Waals surface area contributed by atoms with Crippen LogP contribution >= 0.6 is 0 Å². The van der Waals surface area contributed by atoms with Crippen LogP contribution < -0.4 is 21.3 Å². The summed E-state index contributed by atoms with van der Waals surface area (Å²) in [5, 5.41) is 10.5. The van der Waals surface area contributed by atoms with E-state index in [-0.39, 0.29) is 35.5 Å². The zero-order chi connectivity index (χ0) is 38.9. The predicted octanol–water partition coefficient (Wildman–Crippen LogP) is 2.32. The minimum Gasteiger partial charge on any atom is -0.444 e. The molecule has 1 aliphatic heterocycles. The molecular weight excluding hydrogens is 668 g/mol. The first-order chi connectivity index (χ1) is 24.0. The molecule has 4 rings (SSSR count). The second-order valence-corrected chi connectivity index (χ2v) is 17.3. The van der Waals surface area contributed by atoms with E-state index in [1.807, 2.05) is 34.6 Å². The number of piperidine rings is 1. The van der Waals surface area contributed by atoms with Gasteiger partial charge in [0.25, 0.3) is 5.91 Å². The van der Waals surface area contributed by atoms with Gasteiger partial charge < -0.3 is 35.8 Å². The van der Waals surface area contributed by atoms with Crippen molar-refractivity contribution in [3.63, 3.8) is 0 Å². The molecule has 14 heteroatoms. The Hall–Kier alpha value is -4.49. The van der Waals surface area contributed by atoms with Gasteiger partial charge in [-0.2, -0.15) is 0 Å². The van der Waals surface area contributed by atoms with Gasteiger partial charge in [0.2, 0.25) is 29.4 Å². The Morgan fingerprint density at radius 2 is 1.54 bits per heavy atom. The van der Waals surface area contributed by atoms with Crippen LogP contribution in [-0.4, -0.2) is 102 Å². The molecule has 3 fully saturated rings. The van der Waals surface area contributed by atoms with E-state index in [2.05, 4.69) is 21.3 Å². The van der Waals surface area contributed by atoms with Gasteiger partial charge in [-0.05, 0) is 61.3 Å². The second-order valence-electron chi connectivity index (χ2n) is 17.3. The number of nitrogens with zero attached hydrogens (tertiary/aromatic N) is 2. The fraction of sp³-hybridized carbons (Fsp3) is 0.658. The van der Waals surface area contributed by atoms with Gasteiger partial charge in [0.05, 0.1) is 12.6 Å². The van der Waals surface area contributed by atoms with Crippen LogP contribution in [0.25, 0.3) is 0 Å². The van der Waals surface area contributed by atoms with Crippen LogP contribution in [0.4, 0.5) is 4.79 Å². The van der Waals surface area contributed by atoms with Crippen LogP contribution in [0.2, 0.25) is 0 Å². The number of Topliss-reactive ketones (excluding diaryl/α,β-unsaturated/α-hetero) is 1. The maximum Gasteiger partial charge on any atom is 0.408 e. The van der Waals surface area contributed by atoms with E-state index in [9.17, 15) is 33.6 Å². The molecular formula is C38H56N6O8. The molecule has 286 valence electrons. The zero-order valence-corrected chi connectivity index (χ0v) is 32.1. The summed E-state index contributed by atoms with van der Waals surface area (Å²) in [6, 6.07) is 4.55. The molecule has 14 nitrogen and oxygen atoms in total. The Bertz CT molecular complexity index is 1560. The maximum atomic E-state index is 14.2. The van der Waals surface area contributed by atoms with Crippen molar-refractivity contribution in [3.8, 4) is 0 Å². The van der Waals surface area contributed by atoms with E-state index >= 15 is 0 Å². The molecule has 1 saturated heterocycles. The van der Waals surface area contributed by atoms with E-state index < -0.39 is 77.2 Å². The van der Waals surface area contributed by atoms with E-state index in [1.165, 1.54) is 9.80 Å². The van der Waals surface area contributed by atoms with E-state index in [1.54, 1.807) is 65.2 Å². The molecule has 6 atom stereocenters. The molecule has 1 heterocycles. The highest BCUT2D eigenvalue weighted by Crippen LogP contribution is 2.65. The SMILES string of the molecule is CN(C)C(=O)[C@@H](NC(=O)CNC(=O)C(=O)[C@H](CC1CC1)NC(=O)[C@@H]1[C@@H]2[C@H](CN1C(=O)[C@@H](NC(=O)OC(C)(C)C)C(C)(C)C)C2(C)C)c1ccccc1. The van der Waals surface area contributed by atoms with Gasteiger partial charge in [0, 0.05) is 20.6 Å². The van der Waals surface area contributed by atoms with Crippen molar-refractivity contribution >= 4 is 41.4 Å². The van der Waals surface area contributed by atoms with Crippen LogP contribution in [0.3, 0.4) is 0 Å². The highest BCUT2D eigenvalue weighted by Gasteiger charge is 2.70. The lowest BCUT2D eigenvalue weighted by Gasteiger charge is -2.38. The highest BCUT2D eigenvalue weighted by molar-refractivity contribution is 6.38. The lowest BCUT2D eigenvalue weighted by molar-refractivity contribution is -0.145. The normalized spacial score (nSPS) is 22.1. The number of hydrogen-bond donors (Lipinski definition) is 4. The number of ether oxygens (including phenoxy) is 1. The largest absolute Gasteiger partial charge is 0.444 e. The molecule has 4 N–H and O–H groups in total. The Kier molecular flexibility index (Phi) is 11.8. The van der Waals surface area contributed by atoms with Crippen molar-refractivity contribution in [1.82, 2.24) is 31.1 Å². The number of rotatable bonds is 13. The van der Waals surface area contributed by atoms with Crippen LogP contribution in [0, 0.1) is 28.6 Å². The van der Waals surface area contributed by atoms with Gasteiger partial charge in [-0.25, -0.2) is 4.79 Å². The summed E-state index contributed by atoms with van der Waals surface area (Å²) in [5.41, 5.74) is -1.20. The molecule has 2 aliphatic carbocycles. The Labute approximate surface area is 306 Å². The number of benzene rings is 1. The molecule has 1 aromatic carbocycles. The molecule has 1 aromatic rings. The number of nitrogens with one attached hydrogen (secondary N) is 4. The highest BCUT2D eigenvalue weighted by atomic mass is 16.6. The summed E-state index contributed by atoms with van der Waals surface area (Å²) < 4.78 is 5.43. The van der Waals surface area contributed by atoms with Gasteiger partial charge in [0.15, 0.2) is 0 Å². The minimum absolute atomic E-state index is 0.0350. The number of likely N-dealkylation sites (N-methyl/N-ethyl adjacent to an activating group) is 1. The molecule has 3 aliphatic rings. The van der Waals surface area contributed by atoms with Crippen LogP contribution in [-0.2, 0) is 33.5 Å². The van der Waals surface area contributed by atoms with Gasteiger partial charge >= 0.3 is 6.09 Å². The number of likely N-dealkylation sites (tertiary alicyclic amines) is 1. The summed E-state index contributed by atoms with van der Waals surface area (Å²) in [7, 11) is 3.13. The van der Waals surface area contributed by atoms with Gasteiger partial charge in [-0.3, -0.25) is 28.8 Å². The van der Waals surface area contributed by atoms with Crippen LogP contribution in [0.1, 0.15) is 86.3 Å². The van der Waals surface area contributed by atoms with E-state index in [0.717, 1.165) is 12.8 Å². The third-order valence-electron chi connectivity index (χ3n) is 10.2. The van der Waals surface area contributed by atoms with E-state index in [0.29, 0.717) is 12.1 Å². The number of amides is 6. The van der Waals surface area contributed by atoms with Gasteiger partial charge in [-0.1, -0.05) is 77.8 Å². The fourth-order valence-electron chi connectivity index (χ4n) is 7.04. The zero-order valence-electron chi connectivity index (χ0n) is 32.1. The predicted molar refractivity (Wildman–Crippen MR) is 192 cm³/mol. The Morgan fingerprint density at radius 1 is 0.923 bits per heavy atom. The Balaban J connectivity index is 1.46. The minimum atomic E-state index is -1.17. The van der Waals surface area contributed by atoms with Crippen molar-refractivity contribution in [2.24, 2.45) is 28.6 Å². The fourth-order valence-corrected chi connectivity index (χ4v) is 7.04. The first-order valence-corrected chi connectivity index (χ1v) is 18.0. The third kappa shape index (κ3) is 9.68. The quantitative estimate of drug-likeness (QED) is 0.224. The molecule has 52 heavy (non-hydrogen) atoms. The number of ketones is 1. The maximum absolute atomic E-state index is 14.2. The molecule has 2 saturated carbocycles. The summed E-state index contributed by atoms with van der Waals surface area (Å²) in [4.78, 5) is 96.4. The van der Waals surface area contributed by atoms with Gasteiger partial charge in [0.1, 0.15) is 23.7 Å². The molecule has 6 amide bonds. The van der Waals surface area contributed by atoms with E-state index in [4.69, 9.17) is 4.74 Å². The molecule has 0 bridgehead atoms. The summed E-state index contributed by atoms with van der Waals surface area (Å²) in [6.45, 7) is 14.4. The first kappa shape index (κ1) is 40.3. The van der Waals surface area contributed by atoms with Gasteiger partial charge in [-0.15, -0.1) is 0 Å². The first-order valence-electron chi connectivity index (χ1n) is 18.0. The average molecular weight is 725 g/mol. The summed E-state index contributed by atoms with van der Waals surface area (Å²) in [6.07, 6.45) is 1.18. The van der Waals surface area contributed by atoms with Crippen molar-refractivity contribution < 1.29 is 38.3 Å². The molecule has 0 unspecified atom stereocenters. The smallest absolute Gasteiger partial charge is 0.408 e. The average Bonchev–Trinajstić information content (AvgIpc) is 3.90. The molecule has 0 aromatic heterocycles. The van der Waals surface area contributed by atoms with Crippen molar-refractivity contribution in [2.75, 3.05) is 27.2 Å². The van der Waals surface area contributed by atoms with Crippen LogP contribution in [0.15, 0.2) is 30.3 Å². The molecule has 0 spiro atoms. The Morgan fingerprint density at radius 3 is 2.08 bits per heavy atom. The number of fused-ring (bicyclic) bond motifs is 1. The van der Waals surface area contributed by atoms with Crippen molar-refractivity contribution in [1.29, 1.82) is 0 Å².